The number of benzene rings is 2. The molecule has 39 heavy (non-hydrogen) atoms. The summed E-state index contributed by atoms with van der Waals surface area (Å²) in [5, 5.41) is 32.6. The second kappa shape index (κ2) is 13.5. The Morgan fingerprint density at radius 1 is 1.10 bits per heavy atom. The summed E-state index contributed by atoms with van der Waals surface area (Å²) in [5.41, 5.74) is 7.11. The van der Waals surface area contributed by atoms with Crippen LogP contribution in [0.3, 0.4) is 0 Å². The molecule has 0 aliphatic heterocycles. The number of alkyl halides is 3. The molecule has 0 saturated heterocycles. The van der Waals surface area contributed by atoms with Crippen molar-refractivity contribution in [2.45, 2.75) is 39.1 Å². The second-order valence-corrected chi connectivity index (χ2v) is 8.20. The minimum absolute atomic E-state index is 0.0543. The van der Waals surface area contributed by atoms with Crippen LogP contribution in [0.15, 0.2) is 48.7 Å². The Bertz CT molecular complexity index is 1290. The first kappa shape index (κ1) is 31.0. The normalized spacial score (nSPS) is 11.7. The summed E-state index contributed by atoms with van der Waals surface area (Å²) >= 11 is 0. The van der Waals surface area contributed by atoms with Crippen LogP contribution in [0.25, 0.3) is 10.8 Å². The molecule has 2 aromatic carbocycles. The van der Waals surface area contributed by atoms with Crippen molar-refractivity contribution in [3.63, 3.8) is 0 Å². The molecule has 0 aliphatic carbocycles. The van der Waals surface area contributed by atoms with E-state index in [0.29, 0.717) is 35.2 Å². The quantitative estimate of drug-likeness (QED) is 0.217. The summed E-state index contributed by atoms with van der Waals surface area (Å²) in [6, 6.07) is 11.4. The van der Waals surface area contributed by atoms with Gasteiger partial charge in [-0.15, -0.1) is 0 Å². The van der Waals surface area contributed by atoms with Gasteiger partial charge in [0.1, 0.15) is 11.9 Å². The zero-order valence-corrected chi connectivity index (χ0v) is 21.2. The van der Waals surface area contributed by atoms with E-state index in [2.05, 4.69) is 15.5 Å². The molecule has 0 bridgehead atoms. The maximum Gasteiger partial charge on any atom is 0.587 e. The number of anilines is 2. The minimum Gasteiger partial charge on any atom is -0.490 e. The predicted molar refractivity (Wildman–Crippen MR) is 138 cm³/mol. The number of amides is 1. The Balaban J connectivity index is 0.000000673. The Morgan fingerprint density at radius 3 is 2.33 bits per heavy atom. The topological polar surface area (TPSA) is 176 Å². The molecule has 0 spiro atoms. The van der Waals surface area contributed by atoms with Crippen LogP contribution in [0.2, 0.25) is 0 Å². The lowest BCUT2D eigenvalue weighted by Crippen LogP contribution is -2.43. The molecule has 1 unspecified atom stereocenters. The summed E-state index contributed by atoms with van der Waals surface area (Å²) in [4.78, 5) is 25.8. The first-order chi connectivity index (χ1) is 18.2. The smallest absolute Gasteiger partial charge is 0.490 e. The number of aliphatic carboxylic acids is 1. The third-order valence-corrected chi connectivity index (χ3v) is 4.85. The van der Waals surface area contributed by atoms with E-state index in [0.717, 1.165) is 10.8 Å². The van der Waals surface area contributed by atoms with Crippen LogP contribution in [-0.2, 0) is 9.59 Å². The van der Waals surface area contributed by atoms with Crippen molar-refractivity contribution in [1.82, 2.24) is 10.2 Å². The van der Waals surface area contributed by atoms with Gasteiger partial charge < -0.3 is 40.9 Å². The fourth-order valence-corrected chi connectivity index (χ4v) is 3.29. The molecule has 0 radical (unpaired) electrons. The molecule has 0 fully saturated rings. The minimum atomic E-state index is -5.08. The number of fused-ring (bicyclic) bond motifs is 1. The number of nitrogen functional groups attached to an aromatic ring is 1. The van der Waals surface area contributed by atoms with E-state index in [4.69, 9.17) is 25.1 Å². The Kier molecular flexibility index (Phi) is 10.7. The Labute approximate surface area is 221 Å². The number of carbonyl (C=O) groups is 2. The first-order valence-electron chi connectivity index (χ1n) is 11.5. The van der Waals surface area contributed by atoms with Gasteiger partial charge in [-0.05, 0) is 68.1 Å². The van der Waals surface area contributed by atoms with Crippen LogP contribution in [0.4, 0.5) is 24.7 Å². The number of carboxylic acids is 1. The predicted octanol–water partition coefficient (Wildman–Crippen LogP) is 2.88. The van der Waals surface area contributed by atoms with Crippen LogP contribution in [-0.4, -0.2) is 58.2 Å². The molecule has 3 rings (SSSR count). The van der Waals surface area contributed by atoms with Crippen LogP contribution in [0.5, 0.6) is 11.5 Å². The molecule has 1 heterocycles. The number of carbonyl (C=O) groups excluding carboxylic acids is 1. The number of hydrogen-bond donors (Lipinski definition) is 6. The van der Waals surface area contributed by atoms with Crippen molar-refractivity contribution in [2.75, 3.05) is 17.7 Å². The zero-order valence-electron chi connectivity index (χ0n) is 21.2. The van der Waals surface area contributed by atoms with Gasteiger partial charge in [0, 0.05) is 17.3 Å². The highest BCUT2D eigenvalue weighted by Crippen LogP contribution is 2.33. The SMILES string of the molecule is CCOc1cc(C(Nc2ccc3c(N)nccc3c2)C(=O)NB(O)O)ccc1OC(C)C.O=C(O)C(F)(F)F. The average molecular weight is 552 g/mol. The fourth-order valence-electron chi connectivity index (χ4n) is 3.29. The molecule has 0 aliphatic rings. The first-order valence-corrected chi connectivity index (χ1v) is 11.5. The number of carboxylic acid groups (broad SMARTS) is 1. The average Bonchev–Trinajstić information content (AvgIpc) is 2.83. The van der Waals surface area contributed by atoms with Crippen molar-refractivity contribution in [3.05, 3.63) is 54.2 Å². The zero-order chi connectivity index (χ0) is 29.3. The summed E-state index contributed by atoms with van der Waals surface area (Å²) in [6.45, 7) is 6.09. The van der Waals surface area contributed by atoms with Gasteiger partial charge in [-0.2, -0.15) is 13.2 Å². The molecule has 3 aromatic rings. The number of nitrogens with two attached hydrogens (primary N) is 1. The van der Waals surface area contributed by atoms with Crippen molar-refractivity contribution in [2.24, 2.45) is 0 Å². The van der Waals surface area contributed by atoms with Gasteiger partial charge in [0.05, 0.1) is 12.7 Å². The highest BCUT2D eigenvalue weighted by atomic mass is 19.4. The standard InChI is InChI=1S/C22H27BN4O5.C2HF3O2/c1-4-31-19-12-15(5-8-18(19)32-13(2)3)20(22(28)27-23(29)30)26-16-6-7-17-14(11-16)9-10-25-21(17)24;3-2(4,5)1(6)7/h5-13,20,26,29-30H,4H2,1-3H3,(H2,24,25)(H,27,28);(H,6,7). The van der Waals surface area contributed by atoms with Gasteiger partial charge in [-0.1, -0.05) is 6.07 Å². The van der Waals surface area contributed by atoms with E-state index in [1.165, 1.54) is 0 Å². The van der Waals surface area contributed by atoms with E-state index < -0.39 is 31.3 Å². The van der Waals surface area contributed by atoms with Gasteiger partial charge in [0.25, 0.3) is 0 Å². The van der Waals surface area contributed by atoms with Crippen LogP contribution < -0.4 is 25.8 Å². The number of nitrogens with one attached hydrogen (secondary N) is 2. The van der Waals surface area contributed by atoms with Gasteiger partial charge in [0.15, 0.2) is 11.5 Å². The molecular formula is C24H28BF3N4O7. The van der Waals surface area contributed by atoms with Crippen molar-refractivity contribution >= 4 is 41.4 Å². The number of nitrogens with zero attached hydrogens (tertiary/aromatic N) is 1. The van der Waals surface area contributed by atoms with Crippen molar-refractivity contribution in [1.29, 1.82) is 0 Å². The van der Waals surface area contributed by atoms with E-state index in [1.54, 1.807) is 36.5 Å². The maximum atomic E-state index is 12.8. The summed E-state index contributed by atoms with van der Waals surface area (Å²) in [5.74, 6) is -1.93. The molecule has 1 aromatic heterocycles. The van der Waals surface area contributed by atoms with E-state index in [-0.39, 0.29) is 6.10 Å². The van der Waals surface area contributed by atoms with Crippen LogP contribution in [0.1, 0.15) is 32.4 Å². The summed E-state index contributed by atoms with van der Waals surface area (Å²) in [6.07, 6.45) is -3.53. The number of halogens is 3. The lowest BCUT2D eigenvalue weighted by molar-refractivity contribution is -0.192. The third-order valence-electron chi connectivity index (χ3n) is 4.85. The second-order valence-electron chi connectivity index (χ2n) is 8.20. The van der Waals surface area contributed by atoms with Gasteiger partial charge >= 0.3 is 19.4 Å². The molecular weight excluding hydrogens is 524 g/mol. The number of aromatic nitrogens is 1. The highest BCUT2D eigenvalue weighted by Gasteiger charge is 2.38. The Morgan fingerprint density at radius 2 is 1.77 bits per heavy atom. The summed E-state index contributed by atoms with van der Waals surface area (Å²) < 4.78 is 43.2. The van der Waals surface area contributed by atoms with Crippen LogP contribution >= 0.6 is 0 Å². The lowest BCUT2D eigenvalue weighted by Gasteiger charge is -2.22. The number of rotatable bonds is 9. The molecule has 1 amide bonds. The maximum absolute atomic E-state index is 12.8. The summed E-state index contributed by atoms with van der Waals surface area (Å²) in [7, 11) is -2.00. The fraction of sp³-hybridized carbons (Fsp3) is 0.292. The van der Waals surface area contributed by atoms with Crippen molar-refractivity contribution in [3.8, 4) is 11.5 Å². The molecule has 15 heteroatoms. The monoisotopic (exact) mass is 552 g/mol. The highest BCUT2D eigenvalue weighted by molar-refractivity contribution is 6.42. The van der Waals surface area contributed by atoms with Gasteiger partial charge in [0.2, 0.25) is 5.91 Å². The molecule has 11 nitrogen and oxygen atoms in total. The molecule has 210 valence electrons. The number of hydrogen-bond acceptors (Lipinski definition) is 9. The Hall–Kier alpha value is -4.24. The lowest BCUT2D eigenvalue weighted by atomic mass is 10.0. The van der Waals surface area contributed by atoms with Crippen LogP contribution in [0, 0.1) is 0 Å². The molecule has 7 N–H and O–H groups in total. The van der Waals surface area contributed by atoms with E-state index in [9.17, 15) is 28.0 Å². The molecule has 0 saturated carbocycles. The largest absolute Gasteiger partial charge is 0.587 e. The van der Waals surface area contributed by atoms with E-state index in [1.807, 2.05) is 32.9 Å². The number of ether oxygens (including phenoxy) is 2. The van der Waals surface area contributed by atoms with E-state index >= 15 is 0 Å². The third kappa shape index (κ3) is 9.23. The van der Waals surface area contributed by atoms with Gasteiger partial charge in [-0.25, -0.2) is 9.78 Å². The number of pyridine rings is 1. The van der Waals surface area contributed by atoms with Crippen molar-refractivity contribution < 1.29 is 47.4 Å². The van der Waals surface area contributed by atoms with Gasteiger partial charge in [-0.3, -0.25) is 4.79 Å². The molecule has 1 atom stereocenters.